The number of aliphatic carboxylic acids is 1. The zero-order valence-corrected chi connectivity index (χ0v) is 13.5. The Balaban J connectivity index is 1.75. The maximum absolute atomic E-state index is 12.1. The third-order valence-corrected chi connectivity index (χ3v) is 4.11. The van der Waals surface area contributed by atoms with Crippen LogP contribution in [0.1, 0.15) is 31.7 Å². The van der Waals surface area contributed by atoms with E-state index in [-0.39, 0.29) is 11.9 Å². The van der Waals surface area contributed by atoms with Crippen molar-refractivity contribution in [2.45, 2.75) is 32.7 Å². The van der Waals surface area contributed by atoms with Gasteiger partial charge in [0, 0.05) is 31.9 Å². The molecule has 6 nitrogen and oxygen atoms in total. The molecule has 1 fully saturated rings. The number of anilines is 1. The molecule has 3 N–H and O–H groups in total. The number of carboxylic acid groups (broad SMARTS) is 1. The number of carbonyl (C=O) groups is 2. The molecule has 1 saturated heterocycles. The van der Waals surface area contributed by atoms with E-state index in [1.807, 2.05) is 24.3 Å². The molecule has 2 rings (SSSR count). The minimum atomic E-state index is -0.762. The van der Waals surface area contributed by atoms with Gasteiger partial charge in [-0.1, -0.05) is 19.1 Å². The van der Waals surface area contributed by atoms with E-state index in [4.69, 9.17) is 5.11 Å². The Morgan fingerprint density at radius 2 is 1.87 bits per heavy atom. The number of urea groups is 1. The van der Waals surface area contributed by atoms with Gasteiger partial charge in [-0.15, -0.1) is 0 Å². The summed E-state index contributed by atoms with van der Waals surface area (Å²) in [5.41, 5.74) is 2.12. The normalized spacial score (nSPS) is 15.3. The van der Waals surface area contributed by atoms with E-state index in [2.05, 4.69) is 17.6 Å². The summed E-state index contributed by atoms with van der Waals surface area (Å²) in [7, 11) is 0. The number of hydrogen-bond donors (Lipinski definition) is 3. The number of carboxylic acids is 1. The van der Waals surface area contributed by atoms with Crippen molar-refractivity contribution < 1.29 is 14.7 Å². The molecule has 0 atom stereocenters. The molecule has 0 aromatic heterocycles. The molecule has 1 heterocycles. The maximum atomic E-state index is 12.1. The Morgan fingerprint density at radius 1 is 1.22 bits per heavy atom. The fraction of sp³-hybridized carbons (Fsp3) is 0.529. The Labute approximate surface area is 136 Å². The number of nitrogens with zero attached hydrogens (tertiary/aromatic N) is 1. The number of benzene rings is 1. The molecule has 0 unspecified atom stereocenters. The third-order valence-electron chi connectivity index (χ3n) is 4.11. The summed E-state index contributed by atoms with van der Waals surface area (Å²) in [4.78, 5) is 24.7. The van der Waals surface area contributed by atoms with Gasteiger partial charge in [-0.2, -0.15) is 0 Å². The molecule has 0 radical (unpaired) electrons. The number of likely N-dealkylation sites (tertiary alicyclic amines) is 1. The quantitative estimate of drug-likeness (QED) is 0.752. The molecule has 2 amide bonds. The molecule has 126 valence electrons. The smallest absolute Gasteiger partial charge is 0.317 e. The molecule has 0 saturated carbocycles. The number of piperidine rings is 1. The highest BCUT2D eigenvalue weighted by Gasteiger charge is 2.26. The van der Waals surface area contributed by atoms with Gasteiger partial charge in [0.15, 0.2) is 0 Å². The fourth-order valence-corrected chi connectivity index (χ4v) is 2.63. The lowest BCUT2D eigenvalue weighted by atomic mass is 9.97. The fourth-order valence-electron chi connectivity index (χ4n) is 2.63. The van der Waals surface area contributed by atoms with Crippen molar-refractivity contribution in [1.29, 1.82) is 0 Å². The van der Waals surface area contributed by atoms with Crippen LogP contribution in [0, 0.1) is 5.92 Å². The number of carbonyl (C=O) groups excluding carboxylic acids is 1. The van der Waals surface area contributed by atoms with Crippen molar-refractivity contribution in [3.8, 4) is 0 Å². The lowest BCUT2D eigenvalue weighted by molar-refractivity contribution is -0.143. The first kappa shape index (κ1) is 17.1. The van der Waals surface area contributed by atoms with Crippen LogP contribution in [0.2, 0.25) is 0 Å². The van der Waals surface area contributed by atoms with Crippen LogP contribution in [-0.2, 0) is 11.3 Å². The summed E-state index contributed by atoms with van der Waals surface area (Å²) in [6, 6.07) is 7.89. The van der Waals surface area contributed by atoms with Gasteiger partial charge in [0.2, 0.25) is 0 Å². The Morgan fingerprint density at radius 3 is 2.43 bits per heavy atom. The van der Waals surface area contributed by atoms with Crippen molar-refractivity contribution in [3.63, 3.8) is 0 Å². The van der Waals surface area contributed by atoms with Gasteiger partial charge in [-0.25, -0.2) is 4.79 Å². The van der Waals surface area contributed by atoms with Crippen LogP contribution >= 0.6 is 0 Å². The molecule has 0 spiro atoms. The molecule has 0 bridgehead atoms. The Hall–Kier alpha value is -2.24. The SMILES string of the molecule is CCCNc1ccc(CNC(=O)N2CCC(C(=O)O)CC2)cc1. The van der Waals surface area contributed by atoms with Crippen molar-refractivity contribution in [1.82, 2.24) is 10.2 Å². The van der Waals surface area contributed by atoms with Crippen LogP contribution in [0.3, 0.4) is 0 Å². The highest BCUT2D eigenvalue weighted by atomic mass is 16.4. The Bertz CT molecular complexity index is 522. The van der Waals surface area contributed by atoms with Gasteiger partial charge in [0.25, 0.3) is 0 Å². The summed E-state index contributed by atoms with van der Waals surface area (Å²) in [6.07, 6.45) is 2.14. The van der Waals surface area contributed by atoms with E-state index in [1.165, 1.54) is 0 Å². The molecule has 1 aliphatic heterocycles. The zero-order valence-electron chi connectivity index (χ0n) is 13.5. The molecule has 0 aliphatic carbocycles. The molecule has 1 aromatic rings. The standard InChI is InChI=1S/C17H25N3O3/c1-2-9-18-15-5-3-13(4-6-15)12-19-17(23)20-10-7-14(8-11-20)16(21)22/h3-6,14,18H,2,7-12H2,1H3,(H,19,23)(H,21,22). The van der Waals surface area contributed by atoms with Crippen LogP contribution in [0.25, 0.3) is 0 Å². The number of hydrogen-bond acceptors (Lipinski definition) is 3. The van der Waals surface area contributed by atoms with Gasteiger partial charge in [0.05, 0.1) is 5.92 Å². The predicted molar refractivity (Wildman–Crippen MR) is 89.4 cm³/mol. The van der Waals surface area contributed by atoms with E-state index in [0.29, 0.717) is 32.5 Å². The first-order valence-electron chi connectivity index (χ1n) is 8.18. The van der Waals surface area contributed by atoms with Crippen molar-refractivity contribution >= 4 is 17.7 Å². The minimum Gasteiger partial charge on any atom is -0.481 e. The molecule has 6 heteroatoms. The lowest BCUT2D eigenvalue weighted by Gasteiger charge is -2.30. The second-order valence-electron chi connectivity index (χ2n) is 5.88. The van der Waals surface area contributed by atoms with E-state index in [0.717, 1.165) is 24.2 Å². The van der Waals surface area contributed by atoms with Gasteiger partial charge >= 0.3 is 12.0 Å². The van der Waals surface area contributed by atoms with Gasteiger partial charge in [-0.3, -0.25) is 4.79 Å². The van der Waals surface area contributed by atoms with E-state index in [9.17, 15) is 9.59 Å². The second kappa shape index (κ2) is 8.41. The highest BCUT2D eigenvalue weighted by molar-refractivity contribution is 5.75. The summed E-state index contributed by atoms with van der Waals surface area (Å²) in [5, 5.41) is 15.2. The zero-order chi connectivity index (χ0) is 16.7. The number of rotatable bonds is 6. The first-order chi connectivity index (χ1) is 11.1. The summed E-state index contributed by atoms with van der Waals surface area (Å²) in [6.45, 7) is 4.55. The van der Waals surface area contributed by atoms with Gasteiger partial charge in [0.1, 0.15) is 0 Å². The van der Waals surface area contributed by atoms with E-state index in [1.54, 1.807) is 4.90 Å². The van der Waals surface area contributed by atoms with E-state index < -0.39 is 5.97 Å². The summed E-state index contributed by atoms with van der Waals surface area (Å²) < 4.78 is 0. The van der Waals surface area contributed by atoms with Crippen LogP contribution in [0.5, 0.6) is 0 Å². The van der Waals surface area contributed by atoms with Crippen LogP contribution in [-0.4, -0.2) is 41.6 Å². The van der Waals surface area contributed by atoms with Gasteiger partial charge < -0.3 is 20.6 Å². The summed E-state index contributed by atoms with van der Waals surface area (Å²) in [5.74, 6) is -1.08. The topological polar surface area (TPSA) is 81.7 Å². The van der Waals surface area contributed by atoms with Crippen LogP contribution < -0.4 is 10.6 Å². The molecule has 1 aromatic carbocycles. The predicted octanol–water partition coefficient (Wildman–Crippen LogP) is 2.51. The third kappa shape index (κ3) is 5.16. The van der Waals surface area contributed by atoms with Crippen molar-refractivity contribution in [2.24, 2.45) is 5.92 Å². The molecular weight excluding hydrogens is 294 g/mol. The van der Waals surface area contributed by atoms with Crippen LogP contribution in [0.4, 0.5) is 10.5 Å². The Kier molecular flexibility index (Phi) is 6.26. The lowest BCUT2D eigenvalue weighted by Crippen LogP contribution is -2.45. The maximum Gasteiger partial charge on any atom is 0.317 e. The largest absolute Gasteiger partial charge is 0.481 e. The molecular formula is C17H25N3O3. The average Bonchev–Trinajstić information content (AvgIpc) is 2.58. The van der Waals surface area contributed by atoms with Crippen molar-refractivity contribution in [3.05, 3.63) is 29.8 Å². The second-order valence-corrected chi connectivity index (χ2v) is 5.88. The number of nitrogens with one attached hydrogen (secondary N) is 2. The average molecular weight is 319 g/mol. The molecule has 23 heavy (non-hydrogen) atoms. The van der Waals surface area contributed by atoms with Gasteiger partial charge in [-0.05, 0) is 37.0 Å². The van der Waals surface area contributed by atoms with E-state index >= 15 is 0 Å². The minimum absolute atomic E-state index is 0.123. The summed E-state index contributed by atoms with van der Waals surface area (Å²) >= 11 is 0. The first-order valence-corrected chi connectivity index (χ1v) is 8.18. The monoisotopic (exact) mass is 319 g/mol. The highest BCUT2D eigenvalue weighted by Crippen LogP contribution is 2.17. The van der Waals surface area contributed by atoms with Crippen molar-refractivity contribution in [2.75, 3.05) is 25.0 Å². The molecule has 1 aliphatic rings. The number of amides is 2. The van der Waals surface area contributed by atoms with Crippen LogP contribution in [0.15, 0.2) is 24.3 Å².